The van der Waals surface area contributed by atoms with Crippen molar-refractivity contribution < 1.29 is 0 Å². The van der Waals surface area contributed by atoms with Gasteiger partial charge in [-0.3, -0.25) is 4.99 Å². The number of rotatable bonds is 0. The lowest BCUT2D eigenvalue weighted by molar-refractivity contribution is 1.24. The van der Waals surface area contributed by atoms with Crippen LogP contribution in [0.15, 0.2) is 27.7 Å². The zero-order chi connectivity index (χ0) is 10.9. The van der Waals surface area contributed by atoms with Crippen molar-refractivity contribution in [2.75, 3.05) is 26.5 Å². The van der Waals surface area contributed by atoms with Gasteiger partial charge in [-0.1, -0.05) is 0 Å². The van der Waals surface area contributed by atoms with E-state index in [0.717, 1.165) is 17.6 Å². The second kappa shape index (κ2) is 3.86. The number of nitrogens with two attached hydrogens (primary N) is 1. The van der Waals surface area contributed by atoms with Gasteiger partial charge < -0.3 is 5.73 Å². The van der Waals surface area contributed by atoms with Crippen LogP contribution in [0.4, 0.5) is 0 Å². The fourth-order valence-electron chi connectivity index (χ4n) is 1.59. The molecular formula is C11H20N2P+. The average Bonchev–Trinajstić information content (AvgIpc) is 2.08. The summed E-state index contributed by atoms with van der Waals surface area (Å²) in [6.07, 6.45) is 3.30. The molecular weight excluding hydrogens is 191 g/mol. The quantitative estimate of drug-likeness (QED) is 0.614. The SMILES string of the molecule is CN=C1C=C(C)[P+](C)(C)C/C1=C(\C)N. The lowest BCUT2D eigenvalue weighted by atomic mass is 10.1. The Morgan fingerprint density at radius 3 is 2.50 bits per heavy atom. The van der Waals surface area contributed by atoms with Gasteiger partial charge in [0.2, 0.25) is 0 Å². The monoisotopic (exact) mass is 211 g/mol. The molecule has 14 heavy (non-hydrogen) atoms. The molecule has 0 bridgehead atoms. The topological polar surface area (TPSA) is 38.4 Å². The first-order chi connectivity index (χ1) is 6.38. The van der Waals surface area contributed by atoms with Crippen LogP contribution in [0.3, 0.4) is 0 Å². The van der Waals surface area contributed by atoms with Gasteiger partial charge in [-0.05, 0) is 13.8 Å². The minimum absolute atomic E-state index is 0.919. The first-order valence-electron chi connectivity index (χ1n) is 4.82. The van der Waals surface area contributed by atoms with E-state index in [-0.39, 0.29) is 0 Å². The molecule has 0 fully saturated rings. The molecule has 0 amide bonds. The lowest BCUT2D eigenvalue weighted by Gasteiger charge is -2.25. The standard InChI is InChI=1S/C11H20N2P/c1-8-6-11(13-3)10(9(2)12)7-14(8,4)5/h6H,7,12H2,1-5H3/q+1/b10-9-,13-11?. The number of nitrogens with zero attached hydrogens (tertiary/aromatic N) is 1. The average molecular weight is 211 g/mol. The Kier molecular flexibility index (Phi) is 3.16. The third-order valence-electron chi connectivity index (χ3n) is 2.88. The van der Waals surface area contributed by atoms with E-state index in [1.807, 2.05) is 14.0 Å². The first kappa shape index (κ1) is 11.5. The van der Waals surface area contributed by atoms with Gasteiger partial charge >= 0.3 is 0 Å². The zero-order valence-corrected chi connectivity index (χ0v) is 10.7. The molecule has 78 valence electrons. The summed E-state index contributed by atoms with van der Waals surface area (Å²) < 4.78 is 0. The van der Waals surface area contributed by atoms with Gasteiger partial charge in [-0.25, -0.2) is 0 Å². The molecule has 1 aliphatic heterocycles. The normalized spacial score (nSPS) is 27.5. The van der Waals surface area contributed by atoms with Crippen LogP contribution in [-0.2, 0) is 0 Å². The summed E-state index contributed by atoms with van der Waals surface area (Å²) in [5, 5.41) is 1.49. The Morgan fingerprint density at radius 2 is 2.07 bits per heavy atom. The molecule has 0 unspecified atom stereocenters. The lowest BCUT2D eigenvalue weighted by Crippen LogP contribution is -2.18. The van der Waals surface area contributed by atoms with E-state index in [2.05, 4.69) is 31.3 Å². The van der Waals surface area contributed by atoms with E-state index in [1.165, 1.54) is 10.9 Å². The first-order valence-corrected chi connectivity index (χ1v) is 7.69. The third-order valence-corrected chi connectivity index (χ3v) is 6.03. The van der Waals surface area contributed by atoms with Crippen molar-refractivity contribution in [3.63, 3.8) is 0 Å². The number of hydrogen-bond acceptors (Lipinski definition) is 2. The highest BCUT2D eigenvalue weighted by Gasteiger charge is 2.35. The minimum Gasteiger partial charge on any atom is -0.402 e. The maximum atomic E-state index is 5.89. The van der Waals surface area contributed by atoms with Gasteiger partial charge in [0.25, 0.3) is 0 Å². The molecule has 0 aromatic heterocycles. The van der Waals surface area contributed by atoms with Crippen LogP contribution in [0.5, 0.6) is 0 Å². The molecule has 3 heteroatoms. The summed E-state index contributed by atoms with van der Waals surface area (Å²) in [4.78, 5) is 4.29. The Bertz CT molecular complexity index is 331. The molecule has 0 aromatic rings. The molecule has 0 saturated carbocycles. The predicted octanol–water partition coefficient (Wildman–Crippen LogP) is 2.48. The van der Waals surface area contributed by atoms with E-state index >= 15 is 0 Å². The number of hydrogen-bond donors (Lipinski definition) is 1. The van der Waals surface area contributed by atoms with Gasteiger partial charge in [0.05, 0.1) is 30.5 Å². The molecule has 0 aromatic carbocycles. The van der Waals surface area contributed by atoms with Crippen LogP contribution in [-0.4, -0.2) is 32.3 Å². The van der Waals surface area contributed by atoms with Crippen molar-refractivity contribution in [3.05, 3.63) is 22.7 Å². The van der Waals surface area contributed by atoms with Gasteiger partial charge in [0, 0.05) is 31.7 Å². The molecule has 0 aliphatic carbocycles. The number of allylic oxidation sites excluding steroid dienone is 4. The summed E-state index contributed by atoms with van der Waals surface area (Å²) in [5.41, 5.74) is 9.12. The molecule has 1 rings (SSSR count). The summed E-state index contributed by atoms with van der Waals surface area (Å²) >= 11 is 0. The summed E-state index contributed by atoms with van der Waals surface area (Å²) in [6.45, 7) is 8.89. The molecule has 0 radical (unpaired) electrons. The van der Waals surface area contributed by atoms with Crippen molar-refractivity contribution >= 4 is 13.0 Å². The van der Waals surface area contributed by atoms with Crippen molar-refractivity contribution in [2.24, 2.45) is 10.7 Å². The smallest absolute Gasteiger partial charge is 0.0919 e. The van der Waals surface area contributed by atoms with Crippen LogP contribution in [0.1, 0.15) is 13.8 Å². The van der Waals surface area contributed by atoms with Crippen LogP contribution in [0, 0.1) is 0 Å². The maximum absolute atomic E-state index is 5.89. The van der Waals surface area contributed by atoms with Gasteiger partial charge in [0.1, 0.15) is 0 Å². The van der Waals surface area contributed by atoms with Crippen molar-refractivity contribution in [1.82, 2.24) is 0 Å². The van der Waals surface area contributed by atoms with Gasteiger partial charge in [-0.2, -0.15) is 0 Å². The molecule has 0 spiro atoms. The zero-order valence-electron chi connectivity index (χ0n) is 9.76. The predicted molar refractivity (Wildman–Crippen MR) is 67.6 cm³/mol. The Labute approximate surface area is 87.3 Å². The van der Waals surface area contributed by atoms with Crippen molar-refractivity contribution in [2.45, 2.75) is 13.8 Å². The third kappa shape index (κ3) is 2.06. The van der Waals surface area contributed by atoms with Crippen LogP contribution >= 0.6 is 7.26 Å². The van der Waals surface area contributed by atoms with E-state index in [9.17, 15) is 0 Å². The molecule has 2 N–H and O–H groups in total. The van der Waals surface area contributed by atoms with Crippen LogP contribution in [0.2, 0.25) is 0 Å². The van der Waals surface area contributed by atoms with E-state index in [0.29, 0.717) is 0 Å². The highest BCUT2D eigenvalue weighted by molar-refractivity contribution is 7.78. The van der Waals surface area contributed by atoms with Crippen LogP contribution < -0.4 is 5.73 Å². The fraction of sp³-hybridized carbons (Fsp3) is 0.545. The Morgan fingerprint density at radius 1 is 1.50 bits per heavy atom. The second-order valence-corrected chi connectivity index (χ2v) is 8.79. The van der Waals surface area contributed by atoms with E-state index in [4.69, 9.17) is 5.73 Å². The minimum atomic E-state index is -0.946. The largest absolute Gasteiger partial charge is 0.402 e. The molecule has 1 aliphatic rings. The van der Waals surface area contributed by atoms with E-state index in [1.54, 1.807) is 0 Å². The highest BCUT2D eigenvalue weighted by Crippen LogP contribution is 2.62. The van der Waals surface area contributed by atoms with Crippen LogP contribution in [0.25, 0.3) is 0 Å². The summed E-state index contributed by atoms with van der Waals surface area (Å²) in [6, 6.07) is 0. The van der Waals surface area contributed by atoms with Gasteiger partial charge in [-0.15, -0.1) is 0 Å². The molecule has 0 saturated heterocycles. The molecule has 0 atom stereocenters. The Hall–Kier alpha value is -0.620. The highest BCUT2D eigenvalue weighted by atomic mass is 31.2. The van der Waals surface area contributed by atoms with E-state index < -0.39 is 7.26 Å². The summed E-state index contributed by atoms with van der Waals surface area (Å²) in [7, 11) is 0.886. The molecule has 2 nitrogen and oxygen atoms in total. The van der Waals surface area contributed by atoms with Gasteiger partial charge in [0.15, 0.2) is 0 Å². The molecule has 1 heterocycles. The number of aliphatic imine (C=N–C) groups is 1. The maximum Gasteiger partial charge on any atom is 0.0919 e. The van der Waals surface area contributed by atoms with Crippen molar-refractivity contribution in [1.29, 1.82) is 0 Å². The Balaban J connectivity index is 3.25. The van der Waals surface area contributed by atoms with Crippen molar-refractivity contribution in [3.8, 4) is 0 Å². The summed E-state index contributed by atoms with van der Waals surface area (Å²) in [5.74, 6) is 0. The fourth-order valence-corrected chi connectivity index (χ4v) is 3.51. The second-order valence-electron chi connectivity index (χ2n) is 4.40.